The molecular weight excluding hydrogens is 284 g/mol. The molecule has 1 aromatic rings. The molecule has 0 aliphatic carbocycles. The second-order valence-corrected chi connectivity index (χ2v) is 7.61. The van der Waals surface area contributed by atoms with Crippen molar-refractivity contribution in [3.63, 3.8) is 0 Å². The summed E-state index contributed by atoms with van der Waals surface area (Å²) in [7, 11) is -3.44. The average molecular weight is 304 g/mol. The van der Waals surface area contributed by atoms with E-state index in [-0.39, 0.29) is 10.8 Å². The third-order valence-corrected chi connectivity index (χ3v) is 6.40. The maximum absolute atomic E-state index is 12.1. The van der Waals surface area contributed by atoms with Gasteiger partial charge in [-0.25, -0.2) is 13.1 Å². The highest BCUT2D eigenvalue weighted by molar-refractivity contribution is 7.91. The molecule has 5 nitrogen and oxygen atoms in total. The van der Waals surface area contributed by atoms with Crippen LogP contribution < -0.4 is 4.72 Å². The van der Waals surface area contributed by atoms with Crippen LogP contribution in [0.2, 0.25) is 0 Å². The molecule has 1 aliphatic rings. The van der Waals surface area contributed by atoms with Crippen molar-refractivity contribution in [3.8, 4) is 0 Å². The van der Waals surface area contributed by atoms with Gasteiger partial charge < -0.3 is 5.11 Å². The van der Waals surface area contributed by atoms with E-state index >= 15 is 0 Å². The zero-order valence-electron chi connectivity index (χ0n) is 11.0. The number of nitrogens with zero attached hydrogens (tertiary/aromatic N) is 1. The van der Waals surface area contributed by atoms with Gasteiger partial charge in [0.15, 0.2) is 0 Å². The van der Waals surface area contributed by atoms with E-state index in [9.17, 15) is 8.42 Å². The Bertz CT molecular complexity index is 513. The summed E-state index contributed by atoms with van der Waals surface area (Å²) in [6.07, 6.45) is 2.18. The van der Waals surface area contributed by atoms with E-state index in [0.717, 1.165) is 37.3 Å². The average Bonchev–Trinajstić information content (AvgIpc) is 3.05. The second kappa shape index (κ2) is 6.32. The monoisotopic (exact) mass is 304 g/mol. The summed E-state index contributed by atoms with van der Waals surface area (Å²) in [5.41, 5.74) is 0.640. The smallest absolute Gasteiger partial charge is 0.250 e. The molecule has 0 spiro atoms. The lowest BCUT2D eigenvalue weighted by Gasteiger charge is -2.22. The fourth-order valence-corrected chi connectivity index (χ4v) is 4.71. The van der Waals surface area contributed by atoms with Crippen molar-refractivity contribution in [2.24, 2.45) is 0 Å². The van der Waals surface area contributed by atoms with Crippen LogP contribution in [-0.2, 0) is 16.6 Å². The van der Waals surface area contributed by atoms with Crippen LogP contribution in [0, 0.1) is 0 Å². The van der Waals surface area contributed by atoms with Crippen molar-refractivity contribution >= 4 is 21.4 Å². The SMILES string of the molecule is CCN1CCCC1CNS(=O)(=O)c1cc(CO)cs1. The summed E-state index contributed by atoms with van der Waals surface area (Å²) >= 11 is 1.15. The summed E-state index contributed by atoms with van der Waals surface area (Å²) < 4.78 is 27.2. The molecule has 1 unspecified atom stereocenters. The van der Waals surface area contributed by atoms with Crippen molar-refractivity contribution in [3.05, 3.63) is 17.0 Å². The summed E-state index contributed by atoms with van der Waals surface area (Å²) in [6.45, 7) is 4.44. The van der Waals surface area contributed by atoms with Crippen LogP contribution in [0.25, 0.3) is 0 Å². The Balaban J connectivity index is 1.97. The van der Waals surface area contributed by atoms with Gasteiger partial charge in [0.05, 0.1) is 6.61 Å². The Kier molecular flexibility index (Phi) is 4.97. The molecule has 1 aliphatic heterocycles. The number of likely N-dealkylation sites (N-methyl/N-ethyl adjacent to an activating group) is 1. The molecule has 0 bridgehead atoms. The van der Waals surface area contributed by atoms with E-state index in [1.165, 1.54) is 6.07 Å². The van der Waals surface area contributed by atoms with E-state index in [1.54, 1.807) is 5.38 Å². The first kappa shape index (κ1) is 14.9. The first-order chi connectivity index (χ1) is 9.06. The number of hydrogen-bond donors (Lipinski definition) is 2. The van der Waals surface area contributed by atoms with Crippen LogP contribution in [0.15, 0.2) is 15.7 Å². The Morgan fingerprint density at radius 3 is 3.00 bits per heavy atom. The number of aliphatic hydroxyl groups is 1. The van der Waals surface area contributed by atoms with Crippen LogP contribution in [0.4, 0.5) is 0 Å². The predicted octanol–water partition coefficient (Wildman–Crippen LogP) is 1.00. The molecule has 1 saturated heterocycles. The third kappa shape index (κ3) is 3.55. The van der Waals surface area contributed by atoms with Crippen molar-refractivity contribution in [2.45, 2.75) is 36.6 Å². The van der Waals surface area contributed by atoms with Gasteiger partial charge in [-0.3, -0.25) is 4.90 Å². The number of sulfonamides is 1. The van der Waals surface area contributed by atoms with Crippen LogP contribution in [0.3, 0.4) is 0 Å². The van der Waals surface area contributed by atoms with E-state index < -0.39 is 10.0 Å². The Morgan fingerprint density at radius 2 is 2.37 bits per heavy atom. The minimum Gasteiger partial charge on any atom is -0.392 e. The highest BCUT2D eigenvalue weighted by Crippen LogP contribution is 2.21. The van der Waals surface area contributed by atoms with Crippen molar-refractivity contribution in [1.29, 1.82) is 0 Å². The maximum Gasteiger partial charge on any atom is 0.250 e. The third-order valence-electron chi connectivity index (χ3n) is 3.49. The first-order valence-corrected chi connectivity index (χ1v) is 8.85. The number of likely N-dealkylation sites (tertiary alicyclic amines) is 1. The summed E-state index contributed by atoms with van der Waals surface area (Å²) in [5, 5.41) is 10.6. The predicted molar refractivity (Wildman–Crippen MR) is 75.7 cm³/mol. The topological polar surface area (TPSA) is 69.6 Å². The molecule has 0 amide bonds. The highest BCUT2D eigenvalue weighted by Gasteiger charge is 2.25. The highest BCUT2D eigenvalue weighted by atomic mass is 32.2. The number of nitrogens with one attached hydrogen (secondary N) is 1. The van der Waals surface area contributed by atoms with E-state index in [4.69, 9.17) is 5.11 Å². The number of hydrogen-bond acceptors (Lipinski definition) is 5. The Morgan fingerprint density at radius 1 is 1.58 bits per heavy atom. The fourth-order valence-electron chi connectivity index (χ4n) is 2.40. The minimum atomic E-state index is -3.44. The lowest BCUT2D eigenvalue weighted by Crippen LogP contribution is -2.39. The Labute approximate surface area is 118 Å². The molecular formula is C12H20N2O3S2. The largest absolute Gasteiger partial charge is 0.392 e. The number of thiophene rings is 1. The first-order valence-electron chi connectivity index (χ1n) is 6.49. The standard InChI is InChI=1S/C12H20N2O3S2/c1-2-14-5-3-4-11(14)7-13-19(16,17)12-6-10(8-15)9-18-12/h6,9,11,13,15H,2-5,7-8H2,1H3. The molecule has 7 heteroatoms. The number of rotatable bonds is 6. The van der Waals surface area contributed by atoms with Gasteiger partial charge in [-0.05, 0) is 42.9 Å². The zero-order chi connectivity index (χ0) is 13.9. The van der Waals surface area contributed by atoms with Crippen LogP contribution >= 0.6 is 11.3 Å². The molecule has 1 atom stereocenters. The fraction of sp³-hybridized carbons (Fsp3) is 0.667. The van der Waals surface area contributed by atoms with E-state index in [2.05, 4.69) is 16.5 Å². The molecule has 0 saturated carbocycles. The van der Waals surface area contributed by atoms with Crippen molar-refractivity contribution in [1.82, 2.24) is 9.62 Å². The van der Waals surface area contributed by atoms with Gasteiger partial charge >= 0.3 is 0 Å². The molecule has 2 N–H and O–H groups in total. The van der Waals surface area contributed by atoms with E-state index in [0.29, 0.717) is 18.2 Å². The van der Waals surface area contributed by atoms with E-state index in [1.807, 2.05) is 0 Å². The van der Waals surface area contributed by atoms with Gasteiger partial charge in [-0.1, -0.05) is 6.92 Å². The lowest BCUT2D eigenvalue weighted by molar-refractivity contribution is 0.268. The van der Waals surface area contributed by atoms with Gasteiger partial charge in [-0.2, -0.15) is 0 Å². The van der Waals surface area contributed by atoms with Crippen LogP contribution in [0.5, 0.6) is 0 Å². The minimum absolute atomic E-state index is 0.127. The number of aliphatic hydroxyl groups excluding tert-OH is 1. The quantitative estimate of drug-likeness (QED) is 0.823. The van der Waals surface area contributed by atoms with Gasteiger partial charge in [-0.15, -0.1) is 11.3 Å². The van der Waals surface area contributed by atoms with Gasteiger partial charge in [0.25, 0.3) is 0 Å². The molecule has 19 heavy (non-hydrogen) atoms. The normalized spacial score (nSPS) is 21.1. The lowest BCUT2D eigenvalue weighted by atomic mass is 10.2. The zero-order valence-corrected chi connectivity index (χ0v) is 12.6. The maximum atomic E-state index is 12.1. The molecule has 1 aromatic heterocycles. The molecule has 2 rings (SSSR count). The Hall–Kier alpha value is -0.470. The molecule has 0 aromatic carbocycles. The second-order valence-electron chi connectivity index (χ2n) is 4.71. The van der Waals surface area contributed by atoms with Gasteiger partial charge in [0.2, 0.25) is 10.0 Å². The van der Waals surface area contributed by atoms with Gasteiger partial charge in [0.1, 0.15) is 4.21 Å². The molecule has 1 fully saturated rings. The van der Waals surface area contributed by atoms with Crippen LogP contribution in [-0.4, -0.2) is 44.1 Å². The summed E-state index contributed by atoms with van der Waals surface area (Å²) in [5.74, 6) is 0. The van der Waals surface area contributed by atoms with Crippen LogP contribution in [0.1, 0.15) is 25.3 Å². The summed E-state index contributed by atoms with van der Waals surface area (Å²) in [6, 6.07) is 1.83. The van der Waals surface area contributed by atoms with Crippen molar-refractivity contribution < 1.29 is 13.5 Å². The molecule has 0 radical (unpaired) electrons. The molecule has 108 valence electrons. The van der Waals surface area contributed by atoms with Gasteiger partial charge in [0, 0.05) is 12.6 Å². The summed E-state index contributed by atoms with van der Waals surface area (Å²) in [4.78, 5) is 2.30. The molecule has 2 heterocycles. The van der Waals surface area contributed by atoms with Crippen molar-refractivity contribution in [2.75, 3.05) is 19.6 Å².